The smallest absolute Gasteiger partial charge is 0.143 e. The molecule has 0 spiro atoms. The van der Waals surface area contributed by atoms with Gasteiger partial charge in [0.25, 0.3) is 0 Å². The summed E-state index contributed by atoms with van der Waals surface area (Å²) in [5.74, 6) is 0. The lowest BCUT2D eigenvalue weighted by Gasteiger charge is -2.35. The SMILES string of the molecule is CC1(C)CNC(c2cccs2)OC1.Cl. The van der Waals surface area contributed by atoms with Gasteiger partial charge in [-0.3, -0.25) is 5.32 Å². The third kappa shape index (κ3) is 2.70. The summed E-state index contributed by atoms with van der Waals surface area (Å²) >= 11 is 1.74. The lowest BCUT2D eigenvalue weighted by Crippen LogP contribution is -2.42. The molecule has 1 saturated heterocycles. The summed E-state index contributed by atoms with van der Waals surface area (Å²) in [7, 11) is 0. The fourth-order valence-electron chi connectivity index (χ4n) is 1.41. The molecule has 1 unspecified atom stereocenters. The number of rotatable bonds is 1. The van der Waals surface area contributed by atoms with E-state index in [1.54, 1.807) is 11.3 Å². The molecule has 14 heavy (non-hydrogen) atoms. The van der Waals surface area contributed by atoms with E-state index in [0.29, 0.717) is 0 Å². The average molecular weight is 234 g/mol. The highest BCUT2D eigenvalue weighted by atomic mass is 35.5. The minimum absolute atomic E-state index is 0. The van der Waals surface area contributed by atoms with E-state index < -0.39 is 0 Å². The van der Waals surface area contributed by atoms with Gasteiger partial charge in [-0.1, -0.05) is 19.9 Å². The van der Waals surface area contributed by atoms with E-state index in [-0.39, 0.29) is 24.0 Å². The van der Waals surface area contributed by atoms with Crippen molar-refractivity contribution in [2.75, 3.05) is 13.2 Å². The lowest BCUT2D eigenvalue weighted by atomic mass is 9.93. The van der Waals surface area contributed by atoms with Gasteiger partial charge >= 0.3 is 0 Å². The maximum atomic E-state index is 5.74. The average Bonchev–Trinajstić information content (AvgIpc) is 2.56. The summed E-state index contributed by atoms with van der Waals surface area (Å²) in [5, 5.41) is 5.48. The van der Waals surface area contributed by atoms with Crippen molar-refractivity contribution in [3.8, 4) is 0 Å². The van der Waals surface area contributed by atoms with Crippen LogP contribution in [0.1, 0.15) is 25.0 Å². The third-order valence-electron chi connectivity index (χ3n) is 2.21. The molecule has 1 aliphatic rings. The van der Waals surface area contributed by atoms with Crippen LogP contribution in [0.4, 0.5) is 0 Å². The van der Waals surface area contributed by atoms with E-state index in [1.165, 1.54) is 4.88 Å². The monoisotopic (exact) mass is 233 g/mol. The molecule has 80 valence electrons. The highest BCUT2D eigenvalue weighted by molar-refractivity contribution is 7.10. The molecule has 1 N–H and O–H groups in total. The van der Waals surface area contributed by atoms with E-state index >= 15 is 0 Å². The van der Waals surface area contributed by atoms with Crippen molar-refractivity contribution in [2.45, 2.75) is 20.1 Å². The largest absolute Gasteiger partial charge is 0.358 e. The van der Waals surface area contributed by atoms with E-state index in [4.69, 9.17) is 4.74 Å². The molecule has 1 aliphatic heterocycles. The lowest BCUT2D eigenvalue weighted by molar-refractivity contribution is -0.0577. The van der Waals surface area contributed by atoms with Crippen LogP contribution in [0.3, 0.4) is 0 Å². The molecular formula is C10H16ClNOS. The number of hydrogen-bond acceptors (Lipinski definition) is 3. The summed E-state index contributed by atoms with van der Waals surface area (Å²) in [6.45, 7) is 6.29. The molecule has 0 aromatic carbocycles. The van der Waals surface area contributed by atoms with Crippen LogP contribution in [0, 0.1) is 5.41 Å². The van der Waals surface area contributed by atoms with Crippen LogP contribution >= 0.6 is 23.7 Å². The zero-order valence-electron chi connectivity index (χ0n) is 8.45. The highest BCUT2D eigenvalue weighted by Crippen LogP contribution is 2.28. The minimum atomic E-state index is 0. The molecule has 4 heteroatoms. The fraction of sp³-hybridized carbons (Fsp3) is 0.600. The number of nitrogens with one attached hydrogen (secondary N) is 1. The zero-order chi connectivity index (χ0) is 9.31. The molecule has 2 nitrogen and oxygen atoms in total. The van der Waals surface area contributed by atoms with Crippen LogP contribution in [-0.2, 0) is 4.74 Å². The Balaban J connectivity index is 0.000000980. The molecule has 0 amide bonds. The highest BCUT2D eigenvalue weighted by Gasteiger charge is 2.27. The Morgan fingerprint density at radius 2 is 2.36 bits per heavy atom. The van der Waals surface area contributed by atoms with Gasteiger partial charge in [0.05, 0.1) is 6.61 Å². The second kappa shape index (κ2) is 4.62. The molecule has 2 rings (SSSR count). The Hall–Kier alpha value is -0.0900. The molecule has 1 aromatic heterocycles. The molecule has 2 heterocycles. The summed E-state index contributed by atoms with van der Waals surface area (Å²) in [4.78, 5) is 1.27. The van der Waals surface area contributed by atoms with Crippen LogP contribution in [0.2, 0.25) is 0 Å². The number of halogens is 1. The first kappa shape index (κ1) is 12.0. The molecule has 1 atom stereocenters. The van der Waals surface area contributed by atoms with E-state index in [1.807, 2.05) is 0 Å². The number of ether oxygens (including phenoxy) is 1. The van der Waals surface area contributed by atoms with Crippen molar-refractivity contribution in [3.63, 3.8) is 0 Å². The van der Waals surface area contributed by atoms with Gasteiger partial charge in [-0.15, -0.1) is 23.7 Å². The van der Waals surface area contributed by atoms with Gasteiger partial charge in [0.2, 0.25) is 0 Å². The van der Waals surface area contributed by atoms with Crippen molar-refractivity contribution in [3.05, 3.63) is 22.4 Å². The van der Waals surface area contributed by atoms with Gasteiger partial charge in [-0.25, -0.2) is 0 Å². The maximum absolute atomic E-state index is 5.74. The van der Waals surface area contributed by atoms with Crippen molar-refractivity contribution in [2.24, 2.45) is 5.41 Å². The summed E-state index contributed by atoms with van der Waals surface area (Å²) in [6, 6.07) is 4.17. The van der Waals surface area contributed by atoms with Crippen LogP contribution in [0.25, 0.3) is 0 Å². The van der Waals surface area contributed by atoms with Gasteiger partial charge < -0.3 is 4.74 Å². The predicted molar refractivity (Wildman–Crippen MR) is 62.0 cm³/mol. The van der Waals surface area contributed by atoms with Crippen molar-refractivity contribution < 1.29 is 4.74 Å². The van der Waals surface area contributed by atoms with E-state index in [0.717, 1.165) is 13.2 Å². The van der Waals surface area contributed by atoms with E-state index in [9.17, 15) is 0 Å². The van der Waals surface area contributed by atoms with Crippen LogP contribution in [-0.4, -0.2) is 13.2 Å². The second-order valence-electron chi connectivity index (χ2n) is 4.25. The van der Waals surface area contributed by atoms with Crippen molar-refractivity contribution >= 4 is 23.7 Å². The molecular weight excluding hydrogens is 218 g/mol. The molecule has 0 bridgehead atoms. The van der Waals surface area contributed by atoms with Crippen molar-refractivity contribution in [1.82, 2.24) is 5.32 Å². The molecule has 0 radical (unpaired) electrons. The second-order valence-corrected chi connectivity index (χ2v) is 5.23. The van der Waals surface area contributed by atoms with Gasteiger partial charge in [0.1, 0.15) is 6.23 Å². The normalized spacial score (nSPS) is 25.4. The Bertz CT molecular complexity index is 264. The summed E-state index contributed by atoms with van der Waals surface area (Å²) in [6.07, 6.45) is 0.119. The molecule has 0 aliphatic carbocycles. The summed E-state index contributed by atoms with van der Waals surface area (Å²) in [5.41, 5.74) is 0.272. The molecule has 1 fully saturated rings. The first-order valence-corrected chi connectivity index (χ1v) is 5.44. The minimum Gasteiger partial charge on any atom is -0.358 e. The van der Waals surface area contributed by atoms with Crippen molar-refractivity contribution in [1.29, 1.82) is 0 Å². The van der Waals surface area contributed by atoms with E-state index in [2.05, 4.69) is 36.7 Å². The van der Waals surface area contributed by atoms with Gasteiger partial charge in [0.15, 0.2) is 0 Å². The summed E-state index contributed by atoms with van der Waals surface area (Å²) < 4.78 is 5.74. The standard InChI is InChI=1S/C10H15NOS.ClH/c1-10(2)6-11-9(12-7-10)8-4-3-5-13-8;/h3-5,9,11H,6-7H2,1-2H3;1H. The topological polar surface area (TPSA) is 21.3 Å². The fourth-order valence-corrected chi connectivity index (χ4v) is 2.16. The Kier molecular flexibility index (Phi) is 3.95. The quantitative estimate of drug-likeness (QED) is 0.806. The Labute approximate surface area is 95.1 Å². The van der Waals surface area contributed by atoms with Crippen LogP contribution in [0.5, 0.6) is 0 Å². The third-order valence-corrected chi connectivity index (χ3v) is 3.12. The van der Waals surface area contributed by atoms with Gasteiger partial charge in [-0.2, -0.15) is 0 Å². The predicted octanol–water partition coefficient (Wildman–Crippen LogP) is 2.81. The van der Waals surface area contributed by atoms with Crippen LogP contribution in [0.15, 0.2) is 17.5 Å². The van der Waals surface area contributed by atoms with Gasteiger partial charge in [-0.05, 0) is 11.4 Å². The molecule has 1 aromatic rings. The number of hydrogen-bond donors (Lipinski definition) is 1. The Morgan fingerprint density at radius 1 is 1.57 bits per heavy atom. The Morgan fingerprint density at radius 3 is 2.86 bits per heavy atom. The first-order chi connectivity index (χ1) is 6.17. The zero-order valence-corrected chi connectivity index (χ0v) is 10.1. The number of thiophene rings is 1. The van der Waals surface area contributed by atoms with Crippen LogP contribution < -0.4 is 5.32 Å². The molecule has 0 saturated carbocycles. The van der Waals surface area contributed by atoms with Gasteiger partial charge in [0, 0.05) is 16.8 Å². The maximum Gasteiger partial charge on any atom is 0.143 e. The first-order valence-electron chi connectivity index (χ1n) is 4.56.